The number of carbonyl (C=O) groups is 1. The van der Waals surface area contributed by atoms with Crippen molar-refractivity contribution in [3.05, 3.63) is 38.9 Å². The lowest BCUT2D eigenvalue weighted by atomic mass is 10.1. The summed E-state index contributed by atoms with van der Waals surface area (Å²) in [5.41, 5.74) is -1.35. The molecule has 80 valence electrons. The smallest absolute Gasteiger partial charge is 0.287 e. The molecule has 4 nitrogen and oxygen atoms in total. The van der Waals surface area contributed by atoms with Gasteiger partial charge in [-0.1, -0.05) is 11.6 Å². The molecule has 0 aliphatic rings. The molecule has 0 spiro atoms. The molecule has 0 bridgehead atoms. The standard InChI is InChI=1S/C8H4ClF2NO3/c9-4-1-2-6(12(14)15)5(3-4)7(13)8(10)11/h1-3,8H. The van der Waals surface area contributed by atoms with E-state index in [0.29, 0.717) is 0 Å². The maximum absolute atomic E-state index is 12.1. The summed E-state index contributed by atoms with van der Waals surface area (Å²) in [5, 5.41) is 10.4. The Morgan fingerprint density at radius 3 is 2.53 bits per heavy atom. The highest BCUT2D eigenvalue weighted by atomic mass is 35.5. The summed E-state index contributed by atoms with van der Waals surface area (Å²) in [7, 11) is 0. The lowest BCUT2D eigenvalue weighted by Gasteiger charge is -2.01. The molecule has 0 aliphatic heterocycles. The van der Waals surface area contributed by atoms with E-state index in [1.807, 2.05) is 0 Å². The van der Waals surface area contributed by atoms with Crippen LogP contribution in [0.1, 0.15) is 10.4 Å². The molecule has 0 fully saturated rings. The van der Waals surface area contributed by atoms with Crippen molar-refractivity contribution in [3.63, 3.8) is 0 Å². The van der Waals surface area contributed by atoms with Crippen LogP contribution in [0.2, 0.25) is 5.02 Å². The molecule has 0 radical (unpaired) electrons. The van der Waals surface area contributed by atoms with E-state index in [1.54, 1.807) is 0 Å². The molecule has 0 amide bonds. The van der Waals surface area contributed by atoms with Crippen molar-refractivity contribution in [2.24, 2.45) is 0 Å². The van der Waals surface area contributed by atoms with Crippen LogP contribution in [0.25, 0.3) is 0 Å². The Hall–Kier alpha value is -1.56. The van der Waals surface area contributed by atoms with Gasteiger partial charge in [-0.2, -0.15) is 0 Å². The minimum atomic E-state index is -3.29. The van der Waals surface area contributed by atoms with Gasteiger partial charge >= 0.3 is 6.43 Å². The molecule has 0 heterocycles. The van der Waals surface area contributed by atoms with Gasteiger partial charge in [-0.15, -0.1) is 0 Å². The highest BCUT2D eigenvalue weighted by Crippen LogP contribution is 2.24. The van der Waals surface area contributed by atoms with Crippen LogP contribution in [0, 0.1) is 10.1 Å². The maximum atomic E-state index is 12.1. The van der Waals surface area contributed by atoms with Gasteiger partial charge in [0.2, 0.25) is 5.78 Å². The lowest BCUT2D eigenvalue weighted by Crippen LogP contribution is -2.12. The second-order valence-electron chi connectivity index (χ2n) is 2.58. The average molecular weight is 236 g/mol. The largest absolute Gasteiger partial charge is 0.300 e. The van der Waals surface area contributed by atoms with E-state index < -0.39 is 28.4 Å². The zero-order valence-electron chi connectivity index (χ0n) is 7.12. The van der Waals surface area contributed by atoms with E-state index in [-0.39, 0.29) is 5.02 Å². The summed E-state index contributed by atoms with van der Waals surface area (Å²) in [6.45, 7) is 0. The number of rotatable bonds is 3. The molecule has 0 saturated heterocycles. The van der Waals surface area contributed by atoms with E-state index in [4.69, 9.17) is 11.6 Å². The normalized spacial score (nSPS) is 10.4. The lowest BCUT2D eigenvalue weighted by molar-refractivity contribution is -0.385. The Bertz CT molecular complexity index is 422. The molecule has 1 aromatic rings. The maximum Gasteiger partial charge on any atom is 0.300 e. The quantitative estimate of drug-likeness (QED) is 0.460. The van der Waals surface area contributed by atoms with Crippen LogP contribution in [-0.2, 0) is 0 Å². The Morgan fingerprint density at radius 2 is 2.07 bits per heavy atom. The summed E-state index contributed by atoms with van der Waals surface area (Å²) in [4.78, 5) is 20.4. The first-order valence-electron chi connectivity index (χ1n) is 3.70. The number of hydrogen-bond acceptors (Lipinski definition) is 3. The molecular weight excluding hydrogens is 232 g/mol. The Labute approximate surface area is 87.6 Å². The van der Waals surface area contributed by atoms with Crippen molar-refractivity contribution in [1.82, 2.24) is 0 Å². The predicted octanol–water partition coefficient (Wildman–Crippen LogP) is 2.70. The second kappa shape index (κ2) is 4.31. The van der Waals surface area contributed by atoms with E-state index in [0.717, 1.165) is 18.2 Å². The van der Waals surface area contributed by atoms with E-state index in [2.05, 4.69) is 0 Å². The number of benzene rings is 1. The van der Waals surface area contributed by atoms with Gasteiger partial charge in [0.05, 0.1) is 4.92 Å². The zero-order chi connectivity index (χ0) is 11.6. The van der Waals surface area contributed by atoms with Crippen molar-refractivity contribution >= 4 is 23.1 Å². The number of carbonyl (C=O) groups excluding carboxylic acids is 1. The first kappa shape index (κ1) is 11.5. The summed E-state index contributed by atoms with van der Waals surface area (Å²) < 4.78 is 24.1. The van der Waals surface area contributed by atoms with Crippen LogP contribution in [0.3, 0.4) is 0 Å². The van der Waals surface area contributed by atoms with Gasteiger partial charge in [0.25, 0.3) is 5.69 Å². The number of ketones is 1. The summed E-state index contributed by atoms with van der Waals surface area (Å²) in [6, 6.07) is 2.92. The average Bonchev–Trinajstić information content (AvgIpc) is 2.15. The van der Waals surface area contributed by atoms with Crippen LogP contribution in [0.15, 0.2) is 18.2 Å². The third-order valence-electron chi connectivity index (χ3n) is 1.62. The van der Waals surface area contributed by atoms with E-state index >= 15 is 0 Å². The molecule has 0 unspecified atom stereocenters. The second-order valence-corrected chi connectivity index (χ2v) is 3.02. The Kier molecular flexibility index (Phi) is 3.31. The van der Waals surface area contributed by atoms with Crippen molar-refractivity contribution in [2.75, 3.05) is 0 Å². The highest BCUT2D eigenvalue weighted by molar-refractivity contribution is 6.31. The Balaban J connectivity index is 3.30. The van der Waals surface area contributed by atoms with Crippen LogP contribution >= 0.6 is 11.6 Å². The fourth-order valence-electron chi connectivity index (χ4n) is 0.982. The fourth-order valence-corrected chi connectivity index (χ4v) is 1.15. The van der Waals surface area contributed by atoms with Gasteiger partial charge in [-0.3, -0.25) is 14.9 Å². The van der Waals surface area contributed by atoms with Crippen LogP contribution in [0.4, 0.5) is 14.5 Å². The Morgan fingerprint density at radius 1 is 1.47 bits per heavy atom. The number of alkyl halides is 2. The van der Waals surface area contributed by atoms with Crippen LogP contribution < -0.4 is 0 Å². The van der Waals surface area contributed by atoms with Gasteiger partial charge < -0.3 is 0 Å². The number of Topliss-reactive ketones (excluding diaryl/α,β-unsaturated/α-hetero) is 1. The SMILES string of the molecule is O=C(c1cc(Cl)ccc1[N+](=O)[O-])C(F)F. The molecule has 0 atom stereocenters. The monoisotopic (exact) mass is 235 g/mol. The number of halogens is 3. The third kappa shape index (κ3) is 2.47. The minimum absolute atomic E-state index is 0.00963. The highest BCUT2D eigenvalue weighted by Gasteiger charge is 2.26. The van der Waals surface area contributed by atoms with Gasteiger partial charge in [0.15, 0.2) is 0 Å². The van der Waals surface area contributed by atoms with Crippen molar-refractivity contribution in [3.8, 4) is 0 Å². The minimum Gasteiger partial charge on any atom is -0.287 e. The zero-order valence-corrected chi connectivity index (χ0v) is 7.87. The van der Waals surface area contributed by atoms with E-state index in [1.165, 1.54) is 0 Å². The van der Waals surface area contributed by atoms with E-state index in [9.17, 15) is 23.7 Å². The van der Waals surface area contributed by atoms with Crippen molar-refractivity contribution in [2.45, 2.75) is 6.43 Å². The molecule has 1 rings (SSSR count). The van der Waals surface area contributed by atoms with Crippen molar-refractivity contribution in [1.29, 1.82) is 0 Å². The third-order valence-corrected chi connectivity index (χ3v) is 1.85. The van der Waals surface area contributed by atoms with Gasteiger partial charge in [-0.25, -0.2) is 8.78 Å². The van der Waals surface area contributed by atoms with Crippen LogP contribution in [-0.4, -0.2) is 17.1 Å². The molecule has 7 heteroatoms. The number of nitro benzene ring substituents is 1. The molecule has 15 heavy (non-hydrogen) atoms. The number of hydrogen-bond donors (Lipinski definition) is 0. The van der Waals surface area contributed by atoms with Gasteiger partial charge in [-0.05, 0) is 12.1 Å². The van der Waals surface area contributed by atoms with Gasteiger partial charge in [0.1, 0.15) is 5.56 Å². The molecule has 0 saturated carbocycles. The summed E-state index contributed by atoms with van der Waals surface area (Å²) in [5.74, 6) is -1.61. The molecule has 0 aliphatic carbocycles. The first-order chi connectivity index (χ1) is 6.93. The fraction of sp³-hybridized carbons (Fsp3) is 0.125. The van der Waals surface area contributed by atoms with Crippen LogP contribution in [0.5, 0.6) is 0 Å². The summed E-state index contributed by atoms with van der Waals surface area (Å²) in [6.07, 6.45) is -3.29. The number of nitrogens with zero attached hydrogens (tertiary/aromatic N) is 1. The molecular formula is C8H4ClF2NO3. The number of nitro groups is 1. The van der Waals surface area contributed by atoms with Gasteiger partial charge in [0, 0.05) is 11.1 Å². The molecule has 1 aromatic carbocycles. The predicted molar refractivity (Wildman–Crippen MR) is 48.4 cm³/mol. The molecule has 0 N–H and O–H groups in total. The van der Waals surface area contributed by atoms with Crippen molar-refractivity contribution < 1.29 is 18.5 Å². The molecule has 0 aromatic heterocycles. The topological polar surface area (TPSA) is 60.2 Å². The summed E-state index contributed by atoms with van der Waals surface area (Å²) >= 11 is 5.45. The first-order valence-corrected chi connectivity index (χ1v) is 4.07.